The predicted molar refractivity (Wildman–Crippen MR) is 72.6 cm³/mol. The number of hydrogen-bond acceptors (Lipinski definition) is 2. The lowest BCUT2D eigenvalue weighted by molar-refractivity contribution is 0.0159. The van der Waals surface area contributed by atoms with Gasteiger partial charge < -0.3 is 10.1 Å². The van der Waals surface area contributed by atoms with Gasteiger partial charge in [-0.05, 0) is 50.5 Å². The summed E-state index contributed by atoms with van der Waals surface area (Å²) in [7, 11) is 0. The fourth-order valence-corrected chi connectivity index (χ4v) is 3.56. The molecule has 0 spiro atoms. The van der Waals surface area contributed by atoms with Gasteiger partial charge in [-0.1, -0.05) is 12.8 Å². The van der Waals surface area contributed by atoms with Crippen LogP contribution in [-0.4, -0.2) is 31.7 Å². The van der Waals surface area contributed by atoms with E-state index in [1.807, 2.05) is 0 Å². The van der Waals surface area contributed by atoms with Crippen molar-refractivity contribution in [2.75, 3.05) is 25.6 Å². The first-order chi connectivity index (χ1) is 8.40. The summed E-state index contributed by atoms with van der Waals surface area (Å²) in [5.41, 5.74) is 0. The van der Waals surface area contributed by atoms with E-state index in [9.17, 15) is 0 Å². The molecule has 1 saturated heterocycles. The fourth-order valence-electron chi connectivity index (χ4n) is 3.15. The van der Waals surface area contributed by atoms with Crippen LogP contribution in [0, 0.1) is 11.8 Å². The smallest absolute Gasteiger partial charge is 0.0699 e. The highest BCUT2D eigenvalue weighted by molar-refractivity contribution is 6.18. The predicted octanol–water partition coefficient (Wildman–Crippen LogP) is 3.19. The van der Waals surface area contributed by atoms with Crippen LogP contribution >= 0.6 is 11.6 Å². The van der Waals surface area contributed by atoms with Crippen molar-refractivity contribution in [3.8, 4) is 0 Å². The standard InChI is InChI=1S/C14H26ClNO/c15-9-12-5-1-2-6-13(12)10-16-11-14-7-3-4-8-17-14/h12-14,16H,1-11H2. The first-order valence-corrected chi connectivity index (χ1v) is 7.82. The van der Waals surface area contributed by atoms with Crippen LogP contribution in [0.25, 0.3) is 0 Å². The molecule has 0 bridgehead atoms. The molecule has 3 heteroatoms. The van der Waals surface area contributed by atoms with Crippen LogP contribution in [0.2, 0.25) is 0 Å². The molecular formula is C14H26ClNO. The molecule has 17 heavy (non-hydrogen) atoms. The summed E-state index contributed by atoms with van der Waals surface area (Å²) in [6.07, 6.45) is 9.72. The quantitative estimate of drug-likeness (QED) is 0.766. The molecule has 1 heterocycles. The maximum absolute atomic E-state index is 6.05. The van der Waals surface area contributed by atoms with Gasteiger partial charge >= 0.3 is 0 Å². The lowest BCUT2D eigenvalue weighted by Crippen LogP contribution is -2.37. The maximum Gasteiger partial charge on any atom is 0.0699 e. The minimum Gasteiger partial charge on any atom is -0.377 e. The Balaban J connectivity index is 1.62. The molecule has 0 amide bonds. The molecule has 100 valence electrons. The van der Waals surface area contributed by atoms with Crippen molar-refractivity contribution >= 4 is 11.6 Å². The second kappa shape index (κ2) is 7.60. The van der Waals surface area contributed by atoms with Gasteiger partial charge in [-0.25, -0.2) is 0 Å². The normalized spacial score (nSPS) is 34.8. The van der Waals surface area contributed by atoms with E-state index >= 15 is 0 Å². The molecule has 1 N–H and O–H groups in total. The zero-order valence-electron chi connectivity index (χ0n) is 10.8. The number of ether oxygens (including phenoxy) is 1. The van der Waals surface area contributed by atoms with Crippen LogP contribution in [0.5, 0.6) is 0 Å². The maximum atomic E-state index is 6.05. The van der Waals surface area contributed by atoms with E-state index in [2.05, 4.69) is 5.32 Å². The van der Waals surface area contributed by atoms with Gasteiger partial charge in [-0.15, -0.1) is 11.6 Å². The van der Waals surface area contributed by atoms with Crippen molar-refractivity contribution in [2.45, 2.75) is 51.0 Å². The second-order valence-electron chi connectivity index (χ2n) is 5.61. The Labute approximate surface area is 110 Å². The van der Waals surface area contributed by atoms with Crippen LogP contribution in [0.3, 0.4) is 0 Å². The largest absolute Gasteiger partial charge is 0.377 e. The first kappa shape index (κ1) is 13.6. The Kier molecular flexibility index (Phi) is 6.10. The Hall–Kier alpha value is 0.210. The van der Waals surface area contributed by atoms with Crippen molar-refractivity contribution in [1.29, 1.82) is 0 Å². The molecule has 2 nitrogen and oxygen atoms in total. The lowest BCUT2D eigenvalue weighted by atomic mass is 9.80. The molecule has 2 aliphatic rings. The van der Waals surface area contributed by atoms with Gasteiger partial charge in [0.05, 0.1) is 6.10 Å². The molecule has 0 aromatic rings. The molecule has 3 atom stereocenters. The van der Waals surface area contributed by atoms with Crippen molar-refractivity contribution in [2.24, 2.45) is 11.8 Å². The first-order valence-electron chi connectivity index (χ1n) is 7.28. The molecule has 0 aromatic carbocycles. The summed E-state index contributed by atoms with van der Waals surface area (Å²) in [6, 6.07) is 0. The van der Waals surface area contributed by atoms with Crippen molar-refractivity contribution in [3.63, 3.8) is 0 Å². The van der Waals surface area contributed by atoms with Crippen LogP contribution < -0.4 is 5.32 Å². The Morgan fingerprint density at radius 1 is 0.941 bits per heavy atom. The summed E-state index contributed by atoms with van der Waals surface area (Å²) >= 11 is 6.05. The van der Waals surface area contributed by atoms with Gasteiger partial charge in [0.15, 0.2) is 0 Å². The highest BCUT2D eigenvalue weighted by atomic mass is 35.5. The topological polar surface area (TPSA) is 21.3 Å². The number of alkyl halides is 1. The van der Waals surface area contributed by atoms with E-state index in [0.717, 1.165) is 37.4 Å². The lowest BCUT2D eigenvalue weighted by Gasteiger charge is -2.31. The van der Waals surface area contributed by atoms with Crippen molar-refractivity contribution in [3.05, 3.63) is 0 Å². The van der Waals surface area contributed by atoms with E-state index in [1.165, 1.54) is 44.9 Å². The van der Waals surface area contributed by atoms with Crippen LogP contribution in [-0.2, 0) is 4.74 Å². The van der Waals surface area contributed by atoms with Crippen LogP contribution in [0.4, 0.5) is 0 Å². The molecule has 1 saturated carbocycles. The molecule has 2 rings (SSSR count). The SMILES string of the molecule is ClCC1CCCCC1CNCC1CCCCO1. The number of hydrogen-bond donors (Lipinski definition) is 1. The fraction of sp³-hybridized carbons (Fsp3) is 1.00. The van der Waals surface area contributed by atoms with Gasteiger partial charge in [0, 0.05) is 19.0 Å². The third-order valence-corrected chi connectivity index (χ3v) is 4.71. The van der Waals surface area contributed by atoms with Gasteiger partial charge in [0.25, 0.3) is 0 Å². The van der Waals surface area contributed by atoms with Gasteiger partial charge in [0.2, 0.25) is 0 Å². The summed E-state index contributed by atoms with van der Waals surface area (Å²) in [5.74, 6) is 2.38. The minimum absolute atomic E-state index is 0.460. The number of rotatable bonds is 5. The van der Waals surface area contributed by atoms with Gasteiger partial charge in [-0.2, -0.15) is 0 Å². The van der Waals surface area contributed by atoms with E-state index in [-0.39, 0.29) is 0 Å². The van der Waals surface area contributed by atoms with Gasteiger partial charge in [-0.3, -0.25) is 0 Å². The second-order valence-corrected chi connectivity index (χ2v) is 5.91. The molecular weight excluding hydrogens is 234 g/mol. The summed E-state index contributed by atoms with van der Waals surface area (Å²) in [5, 5.41) is 3.61. The van der Waals surface area contributed by atoms with Gasteiger partial charge in [0.1, 0.15) is 0 Å². The highest BCUT2D eigenvalue weighted by Crippen LogP contribution is 2.30. The Morgan fingerprint density at radius 2 is 1.71 bits per heavy atom. The van der Waals surface area contributed by atoms with Crippen molar-refractivity contribution in [1.82, 2.24) is 5.32 Å². The molecule has 2 fully saturated rings. The third kappa shape index (κ3) is 4.42. The van der Waals surface area contributed by atoms with E-state index < -0.39 is 0 Å². The summed E-state index contributed by atoms with van der Waals surface area (Å²) < 4.78 is 5.73. The molecule has 1 aliphatic carbocycles. The monoisotopic (exact) mass is 259 g/mol. The van der Waals surface area contributed by atoms with Crippen molar-refractivity contribution < 1.29 is 4.74 Å². The minimum atomic E-state index is 0.460. The highest BCUT2D eigenvalue weighted by Gasteiger charge is 2.24. The summed E-state index contributed by atoms with van der Waals surface area (Å²) in [4.78, 5) is 0. The Morgan fingerprint density at radius 3 is 2.41 bits per heavy atom. The number of nitrogens with one attached hydrogen (secondary N) is 1. The van der Waals surface area contributed by atoms with Crippen LogP contribution in [0.15, 0.2) is 0 Å². The molecule has 1 aliphatic heterocycles. The zero-order chi connectivity index (χ0) is 11.9. The molecule has 0 radical (unpaired) electrons. The van der Waals surface area contributed by atoms with Crippen LogP contribution in [0.1, 0.15) is 44.9 Å². The van der Waals surface area contributed by atoms with E-state index in [0.29, 0.717) is 6.10 Å². The average Bonchev–Trinajstić information content (AvgIpc) is 2.40. The van der Waals surface area contributed by atoms with E-state index in [1.54, 1.807) is 0 Å². The number of halogens is 1. The molecule has 3 unspecified atom stereocenters. The third-order valence-electron chi connectivity index (χ3n) is 4.32. The zero-order valence-corrected chi connectivity index (χ0v) is 11.6. The Bertz CT molecular complexity index is 206. The summed E-state index contributed by atoms with van der Waals surface area (Å²) in [6.45, 7) is 3.13. The van der Waals surface area contributed by atoms with E-state index in [4.69, 9.17) is 16.3 Å². The molecule has 0 aromatic heterocycles. The average molecular weight is 260 g/mol.